The molecule has 0 saturated heterocycles. The molecule has 2 aromatic rings. The Hall–Kier alpha value is -2.92. The third-order valence-electron chi connectivity index (χ3n) is 1.35. The van der Waals surface area contributed by atoms with Crippen molar-refractivity contribution in [1.29, 1.82) is 0 Å². The van der Waals surface area contributed by atoms with Crippen LogP contribution in [0.25, 0.3) is 0 Å². The summed E-state index contributed by atoms with van der Waals surface area (Å²) in [6, 6.07) is 0. The summed E-state index contributed by atoms with van der Waals surface area (Å²) in [4.78, 5) is 13.3. The predicted molar refractivity (Wildman–Crippen MR) is 42.1 cm³/mol. The summed E-state index contributed by atoms with van der Waals surface area (Å²) in [5.41, 5.74) is 0. The van der Waals surface area contributed by atoms with Crippen LogP contribution in [0.2, 0.25) is 0 Å². The average Bonchev–Trinajstić information content (AvgIpc) is 2.87. The molecule has 82 valence electrons. The number of hydrogen-bond acceptors (Lipinski definition) is 9. The van der Waals surface area contributed by atoms with Gasteiger partial charge >= 0.3 is 11.8 Å². The maximum atomic E-state index is 11.2. The van der Waals surface area contributed by atoms with Crippen LogP contribution in [0.15, 0.2) is 22.4 Å². The van der Waals surface area contributed by atoms with Gasteiger partial charge in [-0.25, -0.2) is 0 Å². The Bertz CT molecular complexity index is 528. The quantitative estimate of drug-likeness (QED) is 0.297. The van der Waals surface area contributed by atoms with E-state index in [9.17, 15) is 15.3 Å². The van der Waals surface area contributed by atoms with Crippen LogP contribution in [0.5, 0.6) is 0 Å². The summed E-state index contributed by atoms with van der Waals surface area (Å²) in [7, 11) is 0. The van der Waals surface area contributed by atoms with Gasteiger partial charge in [0.2, 0.25) is 0 Å². The molecule has 0 atom stereocenters. The van der Waals surface area contributed by atoms with Gasteiger partial charge in [0.15, 0.2) is 6.20 Å². The first kappa shape index (κ1) is 9.63. The smallest absolute Gasteiger partial charge is 0.507 e. The van der Waals surface area contributed by atoms with Gasteiger partial charge in [0.05, 0.1) is 10.0 Å². The van der Waals surface area contributed by atoms with E-state index >= 15 is 0 Å². The molecule has 0 unspecified atom stereocenters. The van der Waals surface area contributed by atoms with E-state index in [1.807, 2.05) is 0 Å². The maximum absolute atomic E-state index is 11.2. The van der Waals surface area contributed by atoms with Crippen LogP contribution in [0.3, 0.4) is 0 Å². The summed E-state index contributed by atoms with van der Waals surface area (Å²) < 4.78 is 4.16. The molecule has 0 saturated carbocycles. The molecule has 12 heteroatoms. The summed E-state index contributed by atoms with van der Waals surface area (Å²) in [5, 5.41) is 34.3. The molecule has 0 N–H and O–H groups in total. The highest BCUT2D eigenvalue weighted by molar-refractivity contribution is 5.05. The number of rotatable bonds is 3. The molecule has 0 aromatic carbocycles. The Kier molecular flexibility index (Phi) is 2.21. The van der Waals surface area contributed by atoms with Crippen LogP contribution in [-0.4, -0.2) is 35.0 Å². The van der Waals surface area contributed by atoms with Crippen LogP contribution in [0, 0.1) is 15.3 Å². The van der Waals surface area contributed by atoms with E-state index in [1.165, 1.54) is 0 Å². The molecule has 0 aliphatic heterocycles. The zero-order chi connectivity index (χ0) is 11.5. The zero-order valence-electron chi connectivity index (χ0n) is 7.37. The first-order valence-corrected chi connectivity index (χ1v) is 3.69. The van der Waals surface area contributed by atoms with E-state index in [2.05, 4.69) is 30.2 Å². The van der Waals surface area contributed by atoms with Gasteiger partial charge < -0.3 is 15.3 Å². The highest BCUT2D eigenvalue weighted by Crippen LogP contribution is 2.05. The lowest BCUT2D eigenvalue weighted by Crippen LogP contribution is -1.99. The molecule has 2 rings (SSSR count). The minimum atomic E-state index is -0.821. The SMILES string of the molecule is O=[N+]([O-])c1ncn(N=[N+]([O-])c2cnon2)n1. The van der Waals surface area contributed by atoms with E-state index in [-0.39, 0.29) is 10.7 Å². The highest BCUT2D eigenvalue weighted by Gasteiger charge is 2.17. The summed E-state index contributed by atoms with van der Waals surface area (Å²) >= 11 is 0. The molecular weight excluding hydrogens is 224 g/mol. The van der Waals surface area contributed by atoms with Crippen molar-refractivity contribution in [2.24, 2.45) is 5.22 Å². The molecule has 0 spiro atoms. The van der Waals surface area contributed by atoms with Gasteiger partial charge in [-0.05, 0) is 15.1 Å². The number of hydrogen-bond donors (Lipinski definition) is 0. The van der Waals surface area contributed by atoms with Crippen LogP contribution in [-0.2, 0) is 0 Å². The molecule has 16 heavy (non-hydrogen) atoms. The molecule has 12 nitrogen and oxygen atoms in total. The molecule has 2 aromatic heterocycles. The van der Waals surface area contributed by atoms with Crippen molar-refractivity contribution < 1.29 is 14.4 Å². The van der Waals surface area contributed by atoms with Crippen molar-refractivity contribution in [1.82, 2.24) is 25.2 Å². The zero-order valence-corrected chi connectivity index (χ0v) is 7.37. The Morgan fingerprint density at radius 3 is 2.88 bits per heavy atom. The van der Waals surface area contributed by atoms with E-state index in [1.54, 1.807) is 0 Å². The average molecular weight is 226 g/mol. The minimum Gasteiger partial charge on any atom is -0.721 e. The molecule has 2 heterocycles. The van der Waals surface area contributed by atoms with E-state index < -0.39 is 10.9 Å². The number of nitro groups is 1. The normalized spacial score (nSPS) is 11.6. The summed E-state index contributed by atoms with van der Waals surface area (Å²) in [5.74, 6) is -0.895. The van der Waals surface area contributed by atoms with Crippen molar-refractivity contribution >= 4 is 11.8 Å². The van der Waals surface area contributed by atoms with Crippen molar-refractivity contribution in [2.45, 2.75) is 0 Å². The number of aromatic nitrogens is 5. The highest BCUT2D eigenvalue weighted by atomic mass is 16.6. The first-order chi connectivity index (χ1) is 7.66. The Morgan fingerprint density at radius 1 is 1.50 bits per heavy atom. The molecule has 0 bridgehead atoms. The second-order valence-corrected chi connectivity index (χ2v) is 2.35. The summed E-state index contributed by atoms with van der Waals surface area (Å²) in [6.07, 6.45) is 1.92. The maximum Gasteiger partial charge on any atom is 0.507 e. The first-order valence-electron chi connectivity index (χ1n) is 3.69. The lowest BCUT2D eigenvalue weighted by molar-refractivity contribution is -0.454. The second-order valence-electron chi connectivity index (χ2n) is 2.35. The van der Waals surface area contributed by atoms with Gasteiger partial charge in [0.1, 0.15) is 10.3 Å². The van der Waals surface area contributed by atoms with Gasteiger partial charge in [0.25, 0.3) is 6.33 Å². The van der Waals surface area contributed by atoms with E-state index in [0.29, 0.717) is 4.79 Å². The lowest BCUT2D eigenvalue weighted by Gasteiger charge is -1.96. The topological polar surface area (TPSA) is 151 Å². The Balaban J connectivity index is 2.25. The van der Waals surface area contributed by atoms with Crippen LogP contribution in [0.1, 0.15) is 0 Å². The third-order valence-corrected chi connectivity index (χ3v) is 1.35. The van der Waals surface area contributed by atoms with Crippen molar-refractivity contribution in [3.05, 3.63) is 27.8 Å². The predicted octanol–water partition coefficient (Wildman–Crippen LogP) is -0.373. The lowest BCUT2D eigenvalue weighted by atomic mass is 10.8. The monoisotopic (exact) mass is 226 g/mol. The van der Waals surface area contributed by atoms with Gasteiger partial charge in [-0.3, -0.25) is 0 Å². The van der Waals surface area contributed by atoms with Crippen molar-refractivity contribution in [2.75, 3.05) is 0 Å². The van der Waals surface area contributed by atoms with Crippen molar-refractivity contribution in [3.8, 4) is 0 Å². The third kappa shape index (κ3) is 1.79. The fourth-order valence-electron chi connectivity index (χ4n) is 0.746. The van der Waals surface area contributed by atoms with Gasteiger partial charge in [-0.15, -0.1) is 4.86 Å². The molecule has 0 fully saturated rings. The standard InChI is InChI=1S/C4H2N8O4/c13-11(3-1-6-16-8-3)9-10-2-5-4(7-10)12(14)15/h1-2H. The van der Waals surface area contributed by atoms with E-state index in [0.717, 1.165) is 12.5 Å². The second kappa shape index (κ2) is 3.68. The molecule has 0 radical (unpaired) electrons. The largest absolute Gasteiger partial charge is 0.721 e. The van der Waals surface area contributed by atoms with Gasteiger partial charge in [-0.2, -0.15) is 4.63 Å². The van der Waals surface area contributed by atoms with Gasteiger partial charge in [0, 0.05) is 0 Å². The van der Waals surface area contributed by atoms with Crippen LogP contribution >= 0.6 is 0 Å². The van der Waals surface area contributed by atoms with Gasteiger partial charge in [-0.1, -0.05) is 0 Å². The Labute approximate surface area is 85.5 Å². The van der Waals surface area contributed by atoms with Crippen LogP contribution in [0.4, 0.5) is 11.8 Å². The molecule has 0 aliphatic rings. The van der Waals surface area contributed by atoms with Crippen molar-refractivity contribution in [3.63, 3.8) is 0 Å². The minimum absolute atomic E-state index is 0.0227. The molecule has 0 aliphatic carbocycles. The fraction of sp³-hybridized carbons (Fsp3) is 0. The fourth-order valence-corrected chi connectivity index (χ4v) is 0.746. The summed E-state index contributed by atoms with van der Waals surface area (Å²) in [6.45, 7) is 0. The molecule has 0 amide bonds. The van der Waals surface area contributed by atoms with E-state index in [4.69, 9.17) is 0 Å². The molecular formula is C4H2N8O4. The Morgan fingerprint density at radius 2 is 2.31 bits per heavy atom. The number of nitrogens with zero attached hydrogens (tertiary/aromatic N) is 8. The van der Waals surface area contributed by atoms with Crippen LogP contribution < -0.4 is 0 Å².